The molecule has 1 amide bonds. The Balaban J connectivity index is 1.17. The molecule has 0 aliphatic carbocycles. The predicted octanol–water partition coefficient (Wildman–Crippen LogP) is 4.97. The highest BCUT2D eigenvalue weighted by molar-refractivity contribution is 7.10. The molecule has 0 N–H and O–H groups in total. The second-order valence-electron chi connectivity index (χ2n) is 8.99. The van der Waals surface area contributed by atoms with Crippen LogP contribution in [0.15, 0.2) is 34.8 Å². The van der Waals surface area contributed by atoms with Crippen LogP contribution in [0.4, 0.5) is 8.78 Å². The maximum absolute atomic E-state index is 13.4. The van der Waals surface area contributed by atoms with Gasteiger partial charge in [0.1, 0.15) is 12.3 Å². The SMILES string of the molecule is Cc1cc(C)n(CC(=O)N2CCC(c3nc(C4=NOC(c5[c]cccc5C(F)F)C4)cs3)CC2)n1. The number of thiazole rings is 1. The summed E-state index contributed by atoms with van der Waals surface area (Å²) in [6, 6.07) is 9.41. The van der Waals surface area contributed by atoms with E-state index in [0.717, 1.165) is 34.9 Å². The number of hydrogen-bond donors (Lipinski definition) is 0. The van der Waals surface area contributed by atoms with Crippen molar-refractivity contribution < 1.29 is 18.4 Å². The first-order valence-electron chi connectivity index (χ1n) is 11.6. The van der Waals surface area contributed by atoms with E-state index in [-0.39, 0.29) is 23.9 Å². The average molecular weight is 499 g/mol. The molecule has 3 aromatic rings. The van der Waals surface area contributed by atoms with Crippen molar-refractivity contribution in [2.24, 2.45) is 5.16 Å². The molecule has 2 aromatic heterocycles. The number of amides is 1. The van der Waals surface area contributed by atoms with E-state index in [0.29, 0.717) is 30.8 Å². The van der Waals surface area contributed by atoms with Crippen molar-refractivity contribution in [1.29, 1.82) is 0 Å². The summed E-state index contributed by atoms with van der Waals surface area (Å²) in [6.45, 7) is 5.51. The second-order valence-corrected chi connectivity index (χ2v) is 9.88. The fourth-order valence-electron chi connectivity index (χ4n) is 4.66. The summed E-state index contributed by atoms with van der Waals surface area (Å²) in [5, 5.41) is 11.5. The van der Waals surface area contributed by atoms with Gasteiger partial charge < -0.3 is 9.74 Å². The number of carbonyl (C=O) groups is 1. The molecule has 0 saturated carbocycles. The van der Waals surface area contributed by atoms with Crippen LogP contribution in [0.3, 0.4) is 0 Å². The highest BCUT2D eigenvalue weighted by atomic mass is 32.1. The summed E-state index contributed by atoms with van der Waals surface area (Å²) >= 11 is 1.57. The van der Waals surface area contributed by atoms with Gasteiger partial charge in [-0.2, -0.15) is 5.10 Å². The molecule has 1 atom stereocenters. The molecule has 1 saturated heterocycles. The van der Waals surface area contributed by atoms with Gasteiger partial charge in [-0.15, -0.1) is 11.3 Å². The number of aromatic nitrogens is 3. The zero-order chi connectivity index (χ0) is 24.5. The summed E-state index contributed by atoms with van der Waals surface area (Å²) < 4.78 is 28.5. The zero-order valence-electron chi connectivity index (χ0n) is 19.6. The molecule has 2 aliphatic rings. The van der Waals surface area contributed by atoms with Crippen molar-refractivity contribution in [3.05, 3.63) is 68.9 Å². The molecule has 4 heterocycles. The molecular formula is C25H26F2N5O2S. The summed E-state index contributed by atoms with van der Waals surface area (Å²) in [5.41, 5.74) is 3.55. The minimum Gasteiger partial charge on any atom is -0.387 e. The summed E-state index contributed by atoms with van der Waals surface area (Å²) in [4.78, 5) is 24.9. The van der Waals surface area contributed by atoms with Crippen molar-refractivity contribution in [1.82, 2.24) is 19.7 Å². The van der Waals surface area contributed by atoms with Gasteiger partial charge in [-0.25, -0.2) is 13.8 Å². The van der Waals surface area contributed by atoms with Crippen LogP contribution in [-0.2, 0) is 16.2 Å². The number of hydrogen-bond acceptors (Lipinski definition) is 6. The fourth-order valence-corrected chi connectivity index (χ4v) is 5.66. The third-order valence-electron chi connectivity index (χ3n) is 6.55. The van der Waals surface area contributed by atoms with Crippen LogP contribution in [0.1, 0.15) is 70.9 Å². The molecule has 1 unspecified atom stereocenters. The van der Waals surface area contributed by atoms with Crippen LogP contribution in [0.2, 0.25) is 0 Å². The topological polar surface area (TPSA) is 72.6 Å². The van der Waals surface area contributed by atoms with Crippen LogP contribution < -0.4 is 0 Å². The molecule has 5 rings (SSSR count). The number of rotatable bonds is 6. The van der Waals surface area contributed by atoms with Crippen molar-refractivity contribution in [3.63, 3.8) is 0 Å². The quantitative estimate of drug-likeness (QED) is 0.481. The third kappa shape index (κ3) is 4.98. The smallest absolute Gasteiger partial charge is 0.264 e. The lowest BCUT2D eigenvalue weighted by atomic mass is 9.97. The first-order valence-corrected chi connectivity index (χ1v) is 12.5. The molecule has 0 bridgehead atoms. The van der Waals surface area contributed by atoms with Crippen LogP contribution in [0.5, 0.6) is 0 Å². The first-order chi connectivity index (χ1) is 16.9. The van der Waals surface area contributed by atoms with Gasteiger partial charge in [0.15, 0.2) is 6.10 Å². The largest absolute Gasteiger partial charge is 0.387 e. The number of piperidine rings is 1. The summed E-state index contributed by atoms with van der Waals surface area (Å²) in [5.74, 6) is 0.358. The number of aryl methyl sites for hydroxylation is 2. The zero-order valence-corrected chi connectivity index (χ0v) is 20.4. The monoisotopic (exact) mass is 498 g/mol. The van der Waals surface area contributed by atoms with Gasteiger partial charge in [0.2, 0.25) is 5.91 Å². The standard InChI is InChI=1S/C25H26F2N5O2S/c1-15-11-16(2)32(29-15)13-23(33)31-9-7-17(8-10-31)25-28-21(14-35-25)20-12-22(34-30-20)18-5-3-4-6-19(18)24(26)27/h3-4,6,11,14,17,22,24H,7-10,12-13H2,1-2H3. The summed E-state index contributed by atoms with van der Waals surface area (Å²) in [6.07, 6.45) is -1.11. The number of likely N-dealkylation sites (tertiary alicyclic amines) is 1. The van der Waals surface area contributed by atoms with Gasteiger partial charge in [0, 0.05) is 47.6 Å². The Morgan fingerprint density at radius 1 is 1.31 bits per heavy atom. The molecule has 1 aromatic carbocycles. The van der Waals surface area contributed by atoms with Crippen molar-refractivity contribution in [3.8, 4) is 0 Å². The molecule has 10 heteroatoms. The van der Waals surface area contributed by atoms with Crippen LogP contribution in [-0.4, -0.2) is 44.4 Å². The maximum atomic E-state index is 13.4. The van der Waals surface area contributed by atoms with E-state index < -0.39 is 12.5 Å². The van der Waals surface area contributed by atoms with Gasteiger partial charge in [0.25, 0.3) is 6.43 Å². The van der Waals surface area contributed by atoms with E-state index >= 15 is 0 Å². The molecule has 35 heavy (non-hydrogen) atoms. The number of carbonyl (C=O) groups excluding carboxylic acids is 1. The Labute approximate surface area is 206 Å². The summed E-state index contributed by atoms with van der Waals surface area (Å²) in [7, 11) is 0. The molecule has 183 valence electrons. The maximum Gasteiger partial charge on any atom is 0.264 e. The van der Waals surface area contributed by atoms with Gasteiger partial charge in [-0.3, -0.25) is 9.48 Å². The molecule has 0 spiro atoms. The fraction of sp³-hybridized carbons (Fsp3) is 0.440. The highest BCUT2D eigenvalue weighted by Gasteiger charge is 2.31. The van der Waals surface area contributed by atoms with E-state index in [4.69, 9.17) is 9.82 Å². The van der Waals surface area contributed by atoms with Gasteiger partial charge in [-0.05, 0) is 38.8 Å². The van der Waals surface area contributed by atoms with E-state index in [1.165, 1.54) is 6.07 Å². The van der Waals surface area contributed by atoms with Gasteiger partial charge in [-0.1, -0.05) is 23.4 Å². The second kappa shape index (κ2) is 9.85. The number of halogens is 2. The molecular weight excluding hydrogens is 472 g/mol. The van der Waals surface area contributed by atoms with E-state index in [9.17, 15) is 13.6 Å². The van der Waals surface area contributed by atoms with Gasteiger partial charge >= 0.3 is 0 Å². The van der Waals surface area contributed by atoms with Crippen molar-refractivity contribution >= 4 is 23.0 Å². The molecule has 7 nitrogen and oxygen atoms in total. The number of oxime groups is 1. The molecule has 1 radical (unpaired) electrons. The van der Waals surface area contributed by atoms with Crippen LogP contribution in [0.25, 0.3) is 0 Å². The number of benzene rings is 1. The van der Waals surface area contributed by atoms with Crippen LogP contribution in [0, 0.1) is 19.9 Å². The lowest BCUT2D eigenvalue weighted by molar-refractivity contribution is -0.133. The van der Waals surface area contributed by atoms with E-state index in [2.05, 4.69) is 16.3 Å². The van der Waals surface area contributed by atoms with Crippen molar-refractivity contribution in [2.75, 3.05) is 13.1 Å². The van der Waals surface area contributed by atoms with E-state index in [1.54, 1.807) is 28.2 Å². The Morgan fingerprint density at radius 3 is 2.83 bits per heavy atom. The lowest BCUT2D eigenvalue weighted by Gasteiger charge is -2.31. The lowest BCUT2D eigenvalue weighted by Crippen LogP contribution is -2.40. The molecule has 2 aliphatic heterocycles. The van der Waals surface area contributed by atoms with Gasteiger partial charge in [0.05, 0.1) is 16.4 Å². The Morgan fingerprint density at radius 2 is 2.11 bits per heavy atom. The predicted molar refractivity (Wildman–Crippen MR) is 128 cm³/mol. The van der Waals surface area contributed by atoms with E-state index in [1.807, 2.05) is 30.2 Å². The minimum atomic E-state index is -2.59. The van der Waals surface area contributed by atoms with Crippen molar-refractivity contribution in [2.45, 2.75) is 58.1 Å². The highest BCUT2D eigenvalue weighted by Crippen LogP contribution is 2.36. The normalized spacial score (nSPS) is 18.7. The number of alkyl halides is 2. The first kappa shape index (κ1) is 23.6. The number of nitrogens with zero attached hydrogens (tertiary/aromatic N) is 5. The minimum absolute atomic E-state index is 0.0768. The van der Waals surface area contributed by atoms with Crippen LogP contribution >= 0.6 is 11.3 Å². The Bertz CT molecular complexity index is 1250. The Hall–Kier alpha value is -3.14. The Kier molecular flexibility index (Phi) is 6.64. The molecule has 1 fully saturated rings. The third-order valence-corrected chi connectivity index (χ3v) is 7.56. The average Bonchev–Trinajstić information content (AvgIpc) is 3.59.